The molecule has 0 fully saturated rings. The summed E-state index contributed by atoms with van der Waals surface area (Å²) in [6, 6.07) is 14.4. The predicted octanol–water partition coefficient (Wildman–Crippen LogP) is 3.67. The third-order valence-corrected chi connectivity index (χ3v) is 4.68. The number of hydrogen-bond donors (Lipinski definition) is 2. The van der Waals surface area contributed by atoms with Crippen LogP contribution < -0.4 is 10.6 Å². The summed E-state index contributed by atoms with van der Waals surface area (Å²) in [6.45, 7) is 2.60. The van der Waals surface area contributed by atoms with Gasteiger partial charge in [0, 0.05) is 37.3 Å². The largest absolute Gasteiger partial charge is 0.344 e. The Hall–Kier alpha value is -3.39. The summed E-state index contributed by atoms with van der Waals surface area (Å²) in [5.41, 5.74) is 2.63. The molecule has 8 nitrogen and oxygen atoms in total. The van der Waals surface area contributed by atoms with E-state index in [1.165, 1.54) is 4.90 Å². The Balaban J connectivity index is 1.47. The van der Waals surface area contributed by atoms with E-state index in [0.29, 0.717) is 30.4 Å². The lowest BCUT2D eigenvalue weighted by atomic mass is 10.2. The zero-order valence-electron chi connectivity index (χ0n) is 16.7. The molecule has 0 spiro atoms. The normalized spacial score (nSPS) is 10.5. The number of nitrogens with one attached hydrogen (secondary N) is 2. The molecule has 0 bridgehead atoms. The maximum atomic E-state index is 12.3. The van der Waals surface area contributed by atoms with Crippen molar-refractivity contribution in [2.24, 2.45) is 0 Å². The Labute approximate surface area is 179 Å². The Morgan fingerprint density at radius 3 is 2.60 bits per heavy atom. The number of rotatable bonds is 7. The lowest BCUT2D eigenvalue weighted by molar-refractivity contribution is 0.0907. The Morgan fingerprint density at radius 2 is 1.87 bits per heavy atom. The highest BCUT2D eigenvalue weighted by atomic mass is 35.5. The molecule has 1 aromatic heterocycles. The van der Waals surface area contributed by atoms with E-state index < -0.39 is 5.91 Å². The number of halogens is 1. The zero-order valence-corrected chi connectivity index (χ0v) is 17.4. The average molecular weight is 428 g/mol. The van der Waals surface area contributed by atoms with Crippen LogP contribution in [0.5, 0.6) is 0 Å². The Morgan fingerprint density at radius 1 is 1.13 bits per heavy atom. The van der Waals surface area contributed by atoms with E-state index in [9.17, 15) is 9.59 Å². The summed E-state index contributed by atoms with van der Waals surface area (Å²) in [6.07, 6.45) is 0.353. The van der Waals surface area contributed by atoms with Gasteiger partial charge in [0.2, 0.25) is 0 Å². The summed E-state index contributed by atoms with van der Waals surface area (Å²) in [4.78, 5) is 30.1. The minimum Gasteiger partial charge on any atom is -0.344 e. The molecule has 0 unspecified atom stereocenters. The molecule has 156 valence electrons. The summed E-state index contributed by atoms with van der Waals surface area (Å²) in [7, 11) is 1.67. The molecule has 3 amide bonds. The number of benzene rings is 2. The number of carbonyl (C=O) groups excluding carboxylic acids is 2. The SMILES string of the molecule is Cc1ccccc1NC(=O)N(C)CCc1noc(C(=O)NCc2ccc(Cl)cc2)n1. The minimum absolute atomic E-state index is 0.119. The van der Waals surface area contributed by atoms with Crippen LogP contribution in [0.3, 0.4) is 0 Å². The minimum atomic E-state index is -0.464. The van der Waals surface area contributed by atoms with Gasteiger partial charge in [-0.15, -0.1) is 0 Å². The lowest BCUT2D eigenvalue weighted by Gasteiger charge is -2.17. The van der Waals surface area contributed by atoms with E-state index in [0.717, 1.165) is 16.8 Å². The van der Waals surface area contributed by atoms with Crippen molar-refractivity contribution < 1.29 is 14.1 Å². The van der Waals surface area contributed by atoms with E-state index in [-0.39, 0.29) is 11.9 Å². The molecule has 0 aliphatic rings. The molecule has 0 aliphatic heterocycles. The smallest absolute Gasteiger partial charge is 0.321 e. The maximum absolute atomic E-state index is 12.3. The van der Waals surface area contributed by atoms with E-state index in [1.807, 2.05) is 43.3 Å². The van der Waals surface area contributed by atoms with Crippen molar-refractivity contribution >= 4 is 29.2 Å². The maximum Gasteiger partial charge on any atom is 0.321 e. The van der Waals surface area contributed by atoms with E-state index >= 15 is 0 Å². The Kier molecular flexibility index (Phi) is 7.03. The van der Waals surface area contributed by atoms with Crippen molar-refractivity contribution in [1.29, 1.82) is 0 Å². The molecular weight excluding hydrogens is 406 g/mol. The number of hydrogen-bond acceptors (Lipinski definition) is 5. The van der Waals surface area contributed by atoms with Gasteiger partial charge in [0.25, 0.3) is 0 Å². The molecule has 3 aromatic rings. The number of aromatic nitrogens is 2. The van der Waals surface area contributed by atoms with Gasteiger partial charge in [-0.3, -0.25) is 4.79 Å². The van der Waals surface area contributed by atoms with Gasteiger partial charge in [-0.2, -0.15) is 4.98 Å². The lowest BCUT2D eigenvalue weighted by Crippen LogP contribution is -2.33. The molecule has 2 aromatic carbocycles. The molecule has 0 saturated carbocycles. The number of nitrogens with zero attached hydrogens (tertiary/aromatic N) is 3. The van der Waals surface area contributed by atoms with Gasteiger partial charge in [-0.05, 0) is 36.2 Å². The molecule has 0 aliphatic carbocycles. The fraction of sp³-hybridized carbons (Fsp3) is 0.238. The van der Waals surface area contributed by atoms with Crippen LogP contribution in [0.15, 0.2) is 53.1 Å². The van der Waals surface area contributed by atoms with Crippen molar-refractivity contribution in [1.82, 2.24) is 20.4 Å². The topological polar surface area (TPSA) is 100 Å². The van der Waals surface area contributed by atoms with Crippen LogP contribution in [0.4, 0.5) is 10.5 Å². The molecule has 0 radical (unpaired) electrons. The summed E-state index contributed by atoms with van der Waals surface area (Å²) in [5, 5.41) is 10.0. The fourth-order valence-electron chi connectivity index (χ4n) is 2.60. The zero-order chi connectivity index (χ0) is 21.5. The van der Waals surface area contributed by atoms with Crippen molar-refractivity contribution in [3.8, 4) is 0 Å². The van der Waals surface area contributed by atoms with Crippen LogP contribution in [0.1, 0.15) is 27.6 Å². The number of anilines is 1. The number of para-hydroxylation sites is 1. The molecule has 3 rings (SSSR count). The molecule has 0 saturated heterocycles. The summed E-state index contributed by atoms with van der Waals surface area (Å²) < 4.78 is 5.02. The molecule has 0 atom stereocenters. The molecule has 1 heterocycles. The monoisotopic (exact) mass is 427 g/mol. The van der Waals surface area contributed by atoms with Crippen molar-refractivity contribution in [2.45, 2.75) is 19.9 Å². The van der Waals surface area contributed by atoms with Crippen molar-refractivity contribution in [3.63, 3.8) is 0 Å². The fourth-order valence-corrected chi connectivity index (χ4v) is 2.73. The first kappa shape index (κ1) is 21.3. The molecular formula is C21H22ClN5O3. The predicted molar refractivity (Wildman–Crippen MR) is 113 cm³/mol. The van der Waals surface area contributed by atoms with Gasteiger partial charge in [0.05, 0.1) is 0 Å². The van der Waals surface area contributed by atoms with Crippen LogP contribution >= 0.6 is 11.6 Å². The first-order chi connectivity index (χ1) is 14.4. The van der Waals surface area contributed by atoms with Gasteiger partial charge in [-0.25, -0.2) is 4.79 Å². The molecule has 30 heavy (non-hydrogen) atoms. The van der Waals surface area contributed by atoms with E-state index in [2.05, 4.69) is 20.8 Å². The van der Waals surface area contributed by atoms with Gasteiger partial charge >= 0.3 is 17.8 Å². The highest BCUT2D eigenvalue weighted by Crippen LogP contribution is 2.14. The van der Waals surface area contributed by atoms with E-state index in [4.69, 9.17) is 16.1 Å². The Bertz CT molecular complexity index is 1020. The number of amides is 3. The highest BCUT2D eigenvalue weighted by molar-refractivity contribution is 6.30. The number of urea groups is 1. The highest BCUT2D eigenvalue weighted by Gasteiger charge is 2.16. The first-order valence-electron chi connectivity index (χ1n) is 9.35. The second-order valence-corrected chi connectivity index (χ2v) is 7.18. The second-order valence-electron chi connectivity index (χ2n) is 6.74. The van der Waals surface area contributed by atoms with Gasteiger partial charge < -0.3 is 20.1 Å². The van der Waals surface area contributed by atoms with Crippen LogP contribution in [0.2, 0.25) is 5.02 Å². The summed E-state index contributed by atoms with van der Waals surface area (Å²) in [5.74, 6) is -0.234. The van der Waals surface area contributed by atoms with Crippen molar-refractivity contribution in [3.05, 3.63) is 76.4 Å². The third kappa shape index (κ3) is 5.81. The number of carbonyl (C=O) groups is 2. The number of likely N-dealkylation sites (N-methyl/N-ethyl adjacent to an activating group) is 1. The summed E-state index contributed by atoms with van der Waals surface area (Å²) >= 11 is 5.84. The molecule has 9 heteroatoms. The van der Waals surface area contributed by atoms with Gasteiger partial charge in [0.15, 0.2) is 5.82 Å². The quantitative estimate of drug-likeness (QED) is 0.599. The standard InChI is InChI=1S/C21H22ClN5O3/c1-14-5-3-4-6-17(14)24-21(29)27(2)12-11-18-25-20(30-26-18)19(28)23-13-15-7-9-16(22)10-8-15/h3-10H,11-13H2,1-2H3,(H,23,28)(H,24,29). The van der Waals surface area contributed by atoms with Gasteiger partial charge in [0.1, 0.15) is 0 Å². The van der Waals surface area contributed by atoms with Crippen molar-refractivity contribution in [2.75, 3.05) is 18.9 Å². The molecule has 2 N–H and O–H groups in total. The van der Waals surface area contributed by atoms with Crippen LogP contribution in [-0.4, -0.2) is 40.6 Å². The average Bonchev–Trinajstić information content (AvgIpc) is 3.22. The third-order valence-electron chi connectivity index (χ3n) is 4.43. The van der Waals surface area contributed by atoms with Crippen LogP contribution in [-0.2, 0) is 13.0 Å². The van der Waals surface area contributed by atoms with Crippen LogP contribution in [0.25, 0.3) is 0 Å². The van der Waals surface area contributed by atoms with E-state index in [1.54, 1.807) is 19.2 Å². The van der Waals surface area contributed by atoms with Crippen LogP contribution in [0, 0.1) is 6.92 Å². The second kappa shape index (κ2) is 9.89. The first-order valence-corrected chi connectivity index (χ1v) is 9.73. The van der Waals surface area contributed by atoms with Gasteiger partial charge in [-0.1, -0.05) is 47.1 Å². The number of aryl methyl sites for hydroxylation is 1.